The molecule has 2 heterocycles. The highest BCUT2D eigenvalue weighted by molar-refractivity contribution is 6.03. The minimum atomic E-state index is -0.166. The zero-order chi connectivity index (χ0) is 15.5. The zero-order valence-electron chi connectivity index (χ0n) is 13.1. The zero-order valence-corrected chi connectivity index (χ0v) is 13.1. The molecule has 0 radical (unpaired) electrons. The van der Waals surface area contributed by atoms with E-state index in [1.807, 2.05) is 32.0 Å². The van der Waals surface area contributed by atoms with Crippen LogP contribution in [0.15, 0.2) is 36.4 Å². The molecular formula is C18H21N3O. The van der Waals surface area contributed by atoms with Crippen LogP contribution in [0.1, 0.15) is 34.6 Å². The standard InChI is InChI=1S/C18H21N3O/c1-13-12-15(21-10-3-4-11-21)8-9-16(13)20-18(22)17-7-5-6-14(2)19-17/h5-9,12H,3-4,10-11H2,1-2H3,(H,20,22). The molecule has 0 spiro atoms. The van der Waals surface area contributed by atoms with Crippen LogP contribution in [0.4, 0.5) is 11.4 Å². The highest BCUT2D eigenvalue weighted by Crippen LogP contribution is 2.25. The van der Waals surface area contributed by atoms with Crippen LogP contribution in [0.3, 0.4) is 0 Å². The molecule has 0 unspecified atom stereocenters. The molecule has 4 nitrogen and oxygen atoms in total. The number of nitrogens with one attached hydrogen (secondary N) is 1. The number of carbonyl (C=O) groups is 1. The summed E-state index contributed by atoms with van der Waals surface area (Å²) in [7, 11) is 0. The Morgan fingerprint density at radius 1 is 1.14 bits per heavy atom. The summed E-state index contributed by atoms with van der Waals surface area (Å²) in [6.07, 6.45) is 2.52. The summed E-state index contributed by atoms with van der Waals surface area (Å²) in [5, 5.41) is 2.95. The number of rotatable bonds is 3. The van der Waals surface area contributed by atoms with Gasteiger partial charge in [0.25, 0.3) is 5.91 Å². The summed E-state index contributed by atoms with van der Waals surface area (Å²) in [5.41, 5.74) is 4.44. The maximum Gasteiger partial charge on any atom is 0.274 e. The highest BCUT2D eigenvalue weighted by Gasteiger charge is 2.14. The fourth-order valence-corrected chi connectivity index (χ4v) is 2.82. The molecule has 22 heavy (non-hydrogen) atoms. The molecule has 4 heteroatoms. The van der Waals surface area contributed by atoms with Gasteiger partial charge in [0.05, 0.1) is 0 Å². The third-order valence-electron chi connectivity index (χ3n) is 4.05. The van der Waals surface area contributed by atoms with Crippen molar-refractivity contribution in [1.82, 2.24) is 4.98 Å². The van der Waals surface area contributed by atoms with Crippen molar-refractivity contribution in [1.29, 1.82) is 0 Å². The number of anilines is 2. The van der Waals surface area contributed by atoms with E-state index in [2.05, 4.69) is 27.3 Å². The number of nitrogens with zero attached hydrogens (tertiary/aromatic N) is 2. The van der Waals surface area contributed by atoms with E-state index in [1.54, 1.807) is 6.07 Å². The summed E-state index contributed by atoms with van der Waals surface area (Å²) in [4.78, 5) is 18.9. The quantitative estimate of drug-likeness (QED) is 0.942. The molecule has 1 aliphatic heterocycles. The SMILES string of the molecule is Cc1cccc(C(=O)Nc2ccc(N3CCCC3)cc2C)n1. The average Bonchev–Trinajstić information content (AvgIpc) is 3.03. The fourth-order valence-electron chi connectivity index (χ4n) is 2.82. The lowest BCUT2D eigenvalue weighted by Gasteiger charge is -2.19. The van der Waals surface area contributed by atoms with Crippen molar-refractivity contribution in [2.45, 2.75) is 26.7 Å². The first-order valence-corrected chi connectivity index (χ1v) is 7.74. The van der Waals surface area contributed by atoms with E-state index in [4.69, 9.17) is 0 Å². The van der Waals surface area contributed by atoms with E-state index < -0.39 is 0 Å². The van der Waals surface area contributed by atoms with Crippen molar-refractivity contribution in [3.63, 3.8) is 0 Å². The van der Waals surface area contributed by atoms with Crippen molar-refractivity contribution < 1.29 is 4.79 Å². The van der Waals surface area contributed by atoms with Gasteiger partial charge < -0.3 is 10.2 Å². The number of aromatic nitrogens is 1. The lowest BCUT2D eigenvalue weighted by atomic mass is 10.1. The summed E-state index contributed by atoms with van der Waals surface area (Å²) in [6.45, 7) is 6.16. The van der Waals surface area contributed by atoms with Crippen LogP contribution in [0.5, 0.6) is 0 Å². The average molecular weight is 295 g/mol. The Balaban J connectivity index is 1.76. The fraction of sp³-hybridized carbons (Fsp3) is 0.333. The number of benzene rings is 1. The maximum absolute atomic E-state index is 12.3. The Bertz CT molecular complexity index is 690. The first-order chi connectivity index (χ1) is 10.6. The number of pyridine rings is 1. The second-order valence-electron chi connectivity index (χ2n) is 5.81. The first kappa shape index (κ1) is 14.6. The van der Waals surface area contributed by atoms with Crippen molar-refractivity contribution in [3.8, 4) is 0 Å². The number of hydrogen-bond donors (Lipinski definition) is 1. The van der Waals surface area contributed by atoms with Gasteiger partial charge in [-0.25, -0.2) is 4.98 Å². The molecule has 0 atom stereocenters. The molecule has 3 rings (SSSR count). The normalized spacial score (nSPS) is 14.2. The Morgan fingerprint density at radius 2 is 1.91 bits per heavy atom. The number of amides is 1. The monoisotopic (exact) mass is 295 g/mol. The van der Waals surface area contributed by atoms with Crippen LogP contribution in [0.2, 0.25) is 0 Å². The second-order valence-corrected chi connectivity index (χ2v) is 5.81. The predicted octanol–water partition coefficient (Wildman–Crippen LogP) is 3.55. The largest absolute Gasteiger partial charge is 0.372 e. The van der Waals surface area contributed by atoms with E-state index in [0.29, 0.717) is 5.69 Å². The third-order valence-corrected chi connectivity index (χ3v) is 4.05. The minimum Gasteiger partial charge on any atom is -0.372 e. The van der Waals surface area contributed by atoms with E-state index in [9.17, 15) is 4.79 Å². The summed E-state index contributed by atoms with van der Waals surface area (Å²) < 4.78 is 0. The molecule has 1 fully saturated rings. The molecule has 2 aromatic rings. The molecule has 0 aliphatic carbocycles. The van der Waals surface area contributed by atoms with Crippen LogP contribution >= 0.6 is 0 Å². The minimum absolute atomic E-state index is 0.166. The molecule has 1 aromatic heterocycles. The van der Waals surface area contributed by atoms with Crippen LogP contribution in [0.25, 0.3) is 0 Å². The number of aryl methyl sites for hydroxylation is 2. The topological polar surface area (TPSA) is 45.2 Å². The first-order valence-electron chi connectivity index (χ1n) is 7.74. The molecule has 0 bridgehead atoms. The van der Waals surface area contributed by atoms with Crippen molar-refractivity contribution >= 4 is 17.3 Å². The van der Waals surface area contributed by atoms with Gasteiger partial charge in [0, 0.05) is 30.2 Å². The Morgan fingerprint density at radius 3 is 2.59 bits per heavy atom. The van der Waals surface area contributed by atoms with Gasteiger partial charge in [0.2, 0.25) is 0 Å². The van der Waals surface area contributed by atoms with Crippen LogP contribution in [-0.2, 0) is 0 Å². The molecule has 0 saturated carbocycles. The third kappa shape index (κ3) is 3.11. The molecular weight excluding hydrogens is 274 g/mol. The van der Waals surface area contributed by atoms with Crippen LogP contribution < -0.4 is 10.2 Å². The van der Waals surface area contributed by atoms with Gasteiger partial charge in [-0.15, -0.1) is 0 Å². The van der Waals surface area contributed by atoms with Gasteiger partial charge in [-0.05, 0) is 62.6 Å². The van der Waals surface area contributed by atoms with Crippen molar-refractivity contribution in [2.75, 3.05) is 23.3 Å². The predicted molar refractivity (Wildman–Crippen MR) is 89.6 cm³/mol. The van der Waals surface area contributed by atoms with E-state index in [0.717, 1.165) is 30.0 Å². The van der Waals surface area contributed by atoms with E-state index >= 15 is 0 Å². The summed E-state index contributed by atoms with van der Waals surface area (Å²) in [6, 6.07) is 11.7. The number of hydrogen-bond acceptors (Lipinski definition) is 3. The van der Waals surface area contributed by atoms with Gasteiger partial charge in [-0.1, -0.05) is 6.07 Å². The second kappa shape index (κ2) is 6.18. The van der Waals surface area contributed by atoms with E-state index in [-0.39, 0.29) is 5.91 Å². The van der Waals surface area contributed by atoms with Gasteiger partial charge in [-0.2, -0.15) is 0 Å². The molecule has 1 amide bonds. The molecule has 1 aromatic carbocycles. The Kier molecular flexibility index (Phi) is 4.09. The van der Waals surface area contributed by atoms with Crippen molar-refractivity contribution in [2.24, 2.45) is 0 Å². The molecule has 114 valence electrons. The molecule has 1 saturated heterocycles. The van der Waals surface area contributed by atoms with Gasteiger partial charge in [-0.3, -0.25) is 4.79 Å². The van der Waals surface area contributed by atoms with Crippen molar-refractivity contribution in [3.05, 3.63) is 53.3 Å². The Hall–Kier alpha value is -2.36. The lowest BCUT2D eigenvalue weighted by Crippen LogP contribution is -2.18. The molecule has 1 N–H and O–H groups in total. The lowest BCUT2D eigenvalue weighted by molar-refractivity contribution is 0.102. The van der Waals surface area contributed by atoms with Gasteiger partial charge >= 0.3 is 0 Å². The summed E-state index contributed by atoms with van der Waals surface area (Å²) in [5.74, 6) is -0.166. The highest BCUT2D eigenvalue weighted by atomic mass is 16.1. The van der Waals surface area contributed by atoms with Crippen LogP contribution in [0, 0.1) is 13.8 Å². The van der Waals surface area contributed by atoms with Gasteiger partial charge in [0.1, 0.15) is 5.69 Å². The Labute approximate surface area is 131 Å². The smallest absolute Gasteiger partial charge is 0.274 e. The number of carbonyl (C=O) groups excluding carboxylic acids is 1. The molecule has 1 aliphatic rings. The van der Waals surface area contributed by atoms with Crippen LogP contribution in [-0.4, -0.2) is 24.0 Å². The van der Waals surface area contributed by atoms with E-state index in [1.165, 1.54) is 18.5 Å². The maximum atomic E-state index is 12.3. The van der Waals surface area contributed by atoms with Gasteiger partial charge in [0.15, 0.2) is 0 Å². The summed E-state index contributed by atoms with van der Waals surface area (Å²) >= 11 is 0.